The minimum Gasteiger partial charge on any atom is -0.483 e. The molecule has 0 spiro atoms. The molecule has 0 aliphatic rings. The van der Waals surface area contributed by atoms with E-state index in [2.05, 4.69) is 0 Å². The van der Waals surface area contributed by atoms with Crippen LogP contribution in [-0.2, 0) is 4.79 Å². The van der Waals surface area contributed by atoms with Crippen molar-refractivity contribution in [2.75, 3.05) is 6.61 Å². The van der Waals surface area contributed by atoms with Crippen LogP contribution in [0.5, 0.6) is 5.75 Å². The summed E-state index contributed by atoms with van der Waals surface area (Å²) >= 11 is 16.5. The highest BCUT2D eigenvalue weighted by Gasteiger charge is 2.04. The fraction of sp³-hybridized carbons (Fsp3) is 0.125. The fourth-order valence-electron chi connectivity index (χ4n) is 0.722. The minimum atomic E-state index is -0.587. The van der Waals surface area contributed by atoms with Gasteiger partial charge in [0.1, 0.15) is 5.75 Å². The monoisotopic (exact) mass is 238 g/mol. The summed E-state index contributed by atoms with van der Waals surface area (Å²) in [5, 5.41) is 0.291. The van der Waals surface area contributed by atoms with E-state index in [9.17, 15) is 4.79 Å². The number of ether oxygens (including phenoxy) is 1. The average Bonchev–Trinajstić information content (AvgIpc) is 2.06. The molecule has 1 aromatic carbocycles. The summed E-state index contributed by atoms with van der Waals surface area (Å²) in [5.41, 5.74) is 0. The smallest absolute Gasteiger partial charge is 0.259 e. The van der Waals surface area contributed by atoms with Gasteiger partial charge in [-0.05, 0) is 23.7 Å². The molecule has 0 N–H and O–H groups in total. The van der Waals surface area contributed by atoms with E-state index in [1.165, 1.54) is 6.07 Å². The Hall–Kier alpha value is -0.440. The van der Waals surface area contributed by atoms with Gasteiger partial charge in [-0.3, -0.25) is 4.79 Å². The third-order valence-electron chi connectivity index (χ3n) is 1.23. The zero-order chi connectivity index (χ0) is 9.84. The van der Waals surface area contributed by atoms with Crippen molar-refractivity contribution >= 4 is 40.0 Å². The lowest BCUT2D eigenvalue weighted by atomic mass is 10.3. The van der Waals surface area contributed by atoms with Gasteiger partial charge in [0.15, 0.2) is 6.61 Å². The number of rotatable bonds is 3. The second-order valence-corrected chi connectivity index (χ2v) is 3.48. The van der Waals surface area contributed by atoms with Crippen LogP contribution in [0, 0.1) is 0 Å². The molecule has 0 bridgehead atoms. The first-order chi connectivity index (χ1) is 6.09. The third kappa shape index (κ3) is 3.43. The molecule has 2 nitrogen and oxygen atoms in total. The molecule has 0 aliphatic carbocycles. The van der Waals surface area contributed by atoms with Crippen LogP contribution in [-0.4, -0.2) is 11.8 Å². The largest absolute Gasteiger partial charge is 0.483 e. The van der Waals surface area contributed by atoms with Crippen molar-refractivity contribution in [1.29, 1.82) is 0 Å². The molecule has 0 atom stereocenters. The van der Waals surface area contributed by atoms with Gasteiger partial charge < -0.3 is 4.74 Å². The van der Waals surface area contributed by atoms with Gasteiger partial charge in [0, 0.05) is 11.1 Å². The highest BCUT2D eigenvalue weighted by molar-refractivity contribution is 6.63. The second-order valence-electron chi connectivity index (χ2n) is 2.22. The van der Waals surface area contributed by atoms with Crippen molar-refractivity contribution in [1.82, 2.24) is 0 Å². The van der Waals surface area contributed by atoms with Crippen molar-refractivity contribution in [3.8, 4) is 5.75 Å². The molecule has 0 heterocycles. The highest BCUT2D eigenvalue weighted by Crippen LogP contribution is 2.27. The molecule has 0 saturated carbocycles. The number of carbonyl (C=O) groups excluding carboxylic acids is 1. The van der Waals surface area contributed by atoms with Crippen LogP contribution in [0.4, 0.5) is 0 Å². The zero-order valence-corrected chi connectivity index (χ0v) is 8.66. The summed E-state index contributed by atoms with van der Waals surface area (Å²) in [5.74, 6) is 0.350. The van der Waals surface area contributed by atoms with E-state index >= 15 is 0 Å². The van der Waals surface area contributed by atoms with E-state index in [0.717, 1.165) is 0 Å². The van der Waals surface area contributed by atoms with E-state index in [4.69, 9.17) is 39.5 Å². The first-order valence-corrected chi connectivity index (χ1v) is 4.49. The highest BCUT2D eigenvalue weighted by atomic mass is 35.5. The Kier molecular flexibility index (Phi) is 3.85. The maximum atomic E-state index is 10.4. The van der Waals surface area contributed by atoms with Crippen molar-refractivity contribution in [3.05, 3.63) is 28.2 Å². The Labute approximate surface area is 90.3 Å². The number of hydrogen-bond donors (Lipinski definition) is 0. The summed E-state index contributed by atoms with van der Waals surface area (Å²) in [6.07, 6.45) is 0. The molecular weight excluding hydrogens is 234 g/mol. The van der Waals surface area contributed by atoms with Crippen molar-refractivity contribution < 1.29 is 9.53 Å². The Morgan fingerprint density at radius 1 is 1.38 bits per heavy atom. The SMILES string of the molecule is O=C(Cl)COc1cc(Cl)ccc1Cl. The van der Waals surface area contributed by atoms with Crippen molar-refractivity contribution in [3.63, 3.8) is 0 Å². The molecule has 1 aromatic rings. The molecule has 0 unspecified atom stereocenters. The second kappa shape index (κ2) is 4.70. The number of hydrogen-bond acceptors (Lipinski definition) is 2. The Bertz CT molecular complexity index is 325. The average molecular weight is 239 g/mol. The van der Waals surface area contributed by atoms with Crippen molar-refractivity contribution in [2.24, 2.45) is 0 Å². The molecular formula is C8H5Cl3O2. The first-order valence-electron chi connectivity index (χ1n) is 3.36. The van der Waals surface area contributed by atoms with Gasteiger partial charge in [0.2, 0.25) is 0 Å². The third-order valence-corrected chi connectivity index (χ3v) is 1.89. The molecule has 0 radical (unpaired) electrons. The Morgan fingerprint density at radius 3 is 2.69 bits per heavy atom. The standard InChI is InChI=1S/C8H5Cl3O2/c9-5-1-2-6(10)7(3-5)13-4-8(11)12/h1-3H,4H2. The topological polar surface area (TPSA) is 26.3 Å². The molecule has 0 saturated heterocycles. The number of carbonyl (C=O) groups is 1. The van der Waals surface area contributed by atoms with Crippen LogP contribution in [0.3, 0.4) is 0 Å². The van der Waals surface area contributed by atoms with Crippen LogP contribution in [0.15, 0.2) is 18.2 Å². The lowest BCUT2D eigenvalue weighted by molar-refractivity contribution is -0.113. The van der Waals surface area contributed by atoms with E-state index in [0.29, 0.717) is 15.8 Å². The lowest BCUT2D eigenvalue weighted by Gasteiger charge is -2.04. The molecule has 0 fully saturated rings. The minimum absolute atomic E-state index is 0.221. The van der Waals surface area contributed by atoms with Gasteiger partial charge in [-0.25, -0.2) is 0 Å². The van der Waals surface area contributed by atoms with Crippen molar-refractivity contribution in [2.45, 2.75) is 0 Å². The quantitative estimate of drug-likeness (QED) is 0.758. The van der Waals surface area contributed by atoms with E-state index in [1.54, 1.807) is 12.1 Å². The first kappa shape index (κ1) is 10.6. The lowest BCUT2D eigenvalue weighted by Crippen LogP contribution is -2.04. The number of benzene rings is 1. The van der Waals surface area contributed by atoms with Crippen LogP contribution >= 0.6 is 34.8 Å². The van der Waals surface area contributed by atoms with Gasteiger partial charge in [-0.2, -0.15) is 0 Å². The van der Waals surface area contributed by atoms with Gasteiger partial charge >= 0.3 is 0 Å². The Balaban J connectivity index is 2.75. The van der Waals surface area contributed by atoms with E-state index in [-0.39, 0.29) is 6.61 Å². The van der Waals surface area contributed by atoms with E-state index < -0.39 is 5.24 Å². The van der Waals surface area contributed by atoms with Crippen LogP contribution in [0.25, 0.3) is 0 Å². The van der Waals surface area contributed by atoms with Crippen LogP contribution in [0.2, 0.25) is 10.0 Å². The molecule has 1 rings (SSSR count). The predicted octanol–water partition coefficient (Wildman–Crippen LogP) is 3.14. The van der Waals surface area contributed by atoms with Crippen LogP contribution < -0.4 is 4.74 Å². The molecule has 13 heavy (non-hydrogen) atoms. The zero-order valence-electron chi connectivity index (χ0n) is 6.39. The maximum absolute atomic E-state index is 10.4. The summed E-state index contributed by atoms with van der Waals surface area (Å²) < 4.78 is 4.98. The maximum Gasteiger partial charge on any atom is 0.259 e. The van der Waals surface area contributed by atoms with Gasteiger partial charge in [-0.1, -0.05) is 23.2 Å². The van der Waals surface area contributed by atoms with E-state index in [1.807, 2.05) is 0 Å². The fourth-order valence-corrected chi connectivity index (χ4v) is 1.11. The predicted molar refractivity (Wildman–Crippen MR) is 52.8 cm³/mol. The summed E-state index contributed by atoms with van der Waals surface area (Å²) in [7, 11) is 0. The Morgan fingerprint density at radius 2 is 2.08 bits per heavy atom. The number of halogens is 3. The summed E-state index contributed by atoms with van der Waals surface area (Å²) in [6, 6.07) is 4.72. The van der Waals surface area contributed by atoms with Gasteiger partial charge in [0.05, 0.1) is 5.02 Å². The molecule has 0 aromatic heterocycles. The molecule has 0 amide bonds. The normalized spacial score (nSPS) is 9.77. The van der Waals surface area contributed by atoms with Gasteiger partial charge in [-0.15, -0.1) is 0 Å². The molecule has 70 valence electrons. The molecule has 0 aliphatic heterocycles. The van der Waals surface area contributed by atoms with Crippen LogP contribution in [0.1, 0.15) is 0 Å². The summed E-state index contributed by atoms with van der Waals surface area (Å²) in [4.78, 5) is 10.4. The van der Waals surface area contributed by atoms with Gasteiger partial charge in [0.25, 0.3) is 5.24 Å². The summed E-state index contributed by atoms with van der Waals surface area (Å²) in [6.45, 7) is -0.221. The molecule has 5 heteroatoms.